The molecule has 0 aliphatic heterocycles. The van der Waals surface area contributed by atoms with E-state index in [4.69, 9.17) is 2.74 Å². The van der Waals surface area contributed by atoms with Gasteiger partial charge >= 0.3 is 0 Å². The molecule has 0 fully saturated rings. The minimum absolute atomic E-state index is 0.446. The first-order valence-corrected chi connectivity index (χ1v) is 19.2. The van der Waals surface area contributed by atoms with E-state index in [9.17, 15) is 0 Å². The van der Waals surface area contributed by atoms with Gasteiger partial charge in [0.2, 0.25) is 0 Å². The number of rotatable bonds is 11. The highest BCUT2D eigenvalue weighted by Crippen LogP contribution is 2.39. The maximum atomic E-state index is 8.24. The van der Waals surface area contributed by atoms with E-state index in [0.717, 1.165) is 73.4 Å². The predicted molar refractivity (Wildman–Crippen MR) is 241 cm³/mol. The third-order valence-corrected chi connectivity index (χ3v) is 10.1. The van der Waals surface area contributed by atoms with Gasteiger partial charge in [-0.05, 0) is 131 Å². The molecule has 0 aliphatic rings. The highest BCUT2D eigenvalue weighted by Gasteiger charge is 2.16. The summed E-state index contributed by atoms with van der Waals surface area (Å²) in [5, 5.41) is 0. The van der Waals surface area contributed by atoms with Gasteiger partial charge in [-0.1, -0.05) is 139 Å². The molecule has 0 atom stereocenters. The van der Waals surface area contributed by atoms with Crippen LogP contribution < -0.4 is 14.7 Å². The van der Waals surface area contributed by atoms with Gasteiger partial charge in [0.15, 0.2) is 0 Å². The Hall–Kier alpha value is -7.62. The topological polar surface area (TPSA) is 9.72 Å². The van der Waals surface area contributed by atoms with Crippen LogP contribution in [0.25, 0.3) is 22.3 Å². The maximum Gasteiger partial charge on any atom is 0.0623 e. The van der Waals surface area contributed by atoms with Crippen molar-refractivity contribution in [2.45, 2.75) is 0 Å². The Balaban J connectivity index is 0.972. The molecule has 0 bridgehead atoms. The van der Waals surface area contributed by atoms with Crippen molar-refractivity contribution in [2.24, 2.45) is 0 Å². The zero-order valence-electron chi connectivity index (χ0n) is 33.4. The number of nitrogens with zero attached hydrogens (tertiary/aromatic N) is 3. The van der Waals surface area contributed by atoms with E-state index in [2.05, 4.69) is 185 Å². The molecular formula is C54H41N3. The van der Waals surface area contributed by atoms with Crippen molar-refractivity contribution < 1.29 is 2.74 Å². The van der Waals surface area contributed by atoms with E-state index in [-0.39, 0.29) is 0 Å². The lowest BCUT2D eigenvalue weighted by Gasteiger charge is -2.26. The standard InChI is InChI=1S/C54H41N3/c1-6-16-46(17-7-1)55(47-18-8-2-9-19-47)51-34-26-42(27-35-51)44-30-38-53(39-31-44)57(50-24-14-5-15-25-50)54-40-32-45(33-41-54)43-28-36-52(37-29-43)56(48-20-10-3-11-21-48)49-22-12-4-13-23-49/h1-41H/i1T,8T. The van der Waals surface area contributed by atoms with Gasteiger partial charge in [-0.3, -0.25) is 0 Å². The smallest absolute Gasteiger partial charge is 0.0623 e. The summed E-state index contributed by atoms with van der Waals surface area (Å²) in [6, 6.07) is 82.2. The normalized spacial score (nSPS) is 11.3. The van der Waals surface area contributed by atoms with E-state index in [0.29, 0.717) is 12.1 Å². The molecule has 57 heavy (non-hydrogen) atoms. The highest BCUT2D eigenvalue weighted by molar-refractivity contribution is 5.82. The lowest BCUT2D eigenvalue weighted by atomic mass is 10.0. The van der Waals surface area contributed by atoms with Crippen LogP contribution in [0.1, 0.15) is 2.74 Å². The van der Waals surface area contributed by atoms with E-state index < -0.39 is 0 Å². The fourth-order valence-electron chi connectivity index (χ4n) is 7.33. The van der Waals surface area contributed by atoms with Gasteiger partial charge in [0.25, 0.3) is 0 Å². The highest BCUT2D eigenvalue weighted by atomic mass is 15.2. The largest absolute Gasteiger partial charge is 0.311 e. The lowest BCUT2D eigenvalue weighted by Crippen LogP contribution is -2.10. The van der Waals surface area contributed by atoms with Crippen molar-refractivity contribution in [1.82, 2.24) is 0 Å². The van der Waals surface area contributed by atoms with Crippen molar-refractivity contribution in [2.75, 3.05) is 14.7 Å². The van der Waals surface area contributed by atoms with Crippen LogP contribution in [0.5, 0.6) is 0 Å². The molecule has 0 radical (unpaired) electrons. The van der Waals surface area contributed by atoms with E-state index in [1.54, 1.807) is 18.2 Å². The van der Waals surface area contributed by atoms with Crippen LogP contribution in [-0.4, -0.2) is 0 Å². The zero-order valence-corrected chi connectivity index (χ0v) is 31.4. The number of hydrogen-bond acceptors (Lipinski definition) is 3. The van der Waals surface area contributed by atoms with Crippen LogP contribution in [-0.2, 0) is 0 Å². The van der Waals surface area contributed by atoms with E-state index in [1.807, 2.05) is 48.5 Å². The Kier molecular flexibility index (Phi) is 9.43. The second kappa shape index (κ2) is 16.4. The Labute approximate surface area is 338 Å². The van der Waals surface area contributed by atoms with Crippen molar-refractivity contribution in [3.63, 3.8) is 0 Å². The van der Waals surface area contributed by atoms with Crippen LogP contribution in [0, 0.1) is 0 Å². The molecule has 0 amide bonds. The van der Waals surface area contributed by atoms with Crippen LogP contribution in [0.4, 0.5) is 51.2 Å². The van der Waals surface area contributed by atoms with Gasteiger partial charge < -0.3 is 14.7 Å². The third kappa shape index (κ3) is 7.68. The van der Waals surface area contributed by atoms with Gasteiger partial charge in [-0.25, -0.2) is 0 Å². The Bertz CT molecular complexity index is 2700. The lowest BCUT2D eigenvalue weighted by molar-refractivity contribution is 1.28. The summed E-state index contributed by atoms with van der Waals surface area (Å²) in [6.45, 7) is 0. The number of para-hydroxylation sites is 5. The Morgan fingerprint density at radius 2 is 0.421 bits per heavy atom. The first-order valence-electron chi connectivity index (χ1n) is 20.2. The molecule has 272 valence electrons. The summed E-state index contributed by atoms with van der Waals surface area (Å²) < 4.78 is 16.2. The van der Waals surface area contributed by atoms with Crippen LogP contribution in [0.3, 0.4) is 0 Å². The van der Waals surface area contributed by atoms with Crippen LogP contribution in [0.15, 0.2) is 249 Å². The van der Waals surface area contributed by atoms with Gasteiger partial charge in [-0.2, -0.15) is 0 Å². The van der Waals surface area contributed by atoms with Gasteiger partial charge in [0.05, 0.1) is 2.74 Å². The average molecular weight is 736 g/mol. The predicted octanol–water partition coefficient (Wildman–Crippen LogP) is 15.4. The molecule has 0 saturated heterocycles. The molecule has 3 heteroatoms. The summed E-state index contributed by atoms with van der Waals surface area (Å²) in [5.41, 5.74) is 13.9. The van der Waals surface area contributed by atoms with Crippen molar-refractivity contribution in [3.8, 4) is 22.3 Å². The second-order valence-corrected chi connectivity index (χ2v) is 13.7. The number of anilines is 9. The number of benzene rings is 9. The molecule has 9 rings (SSSR count). The third-order valence-electron chi connectivity index (χ3n) is 10.1. The molecule has 0 spiro atoms. The molecule has 9 aromatic carbocycles. The summed E-state index contributed by atoms with van der Waals surface area (Å²) in [7, 11) is 0. The molecule has 3 nitrogen and oxygen atoms in total. The summed E-state index contributed by atoms with van der Waals surface area (Å²) in [4.78, 5) is 6.69. The van der Waals surface area contributed by atoms with Crippen molar-refractivity contribution in [3.05, 3.63) is 249 Å². The van der Waals surface area contributed by atoms with Crippen LogP contribution in [0.2, 0.25) is 0 Å². The summed E-state index contributed by atoms with van der Waals surface area (Å²) in [6.07, 6.45) is 0. The zero-order chi connectivity index (χ0) is 40.0. The fraction of sp³-hybridized carbons (Fsp3) is 0. The van der Waals surface area contributed by atoms with Crippen LogP contribution >= 0.6 is 0 Å². The summed E-state index contributed by atoms with van der Waals surface area (Å²) >= 11 is 0. The second-order valence-electron chi connectivity index (χ2n) is 13.7. The first kappa shape index (κ1) is 32.8. The van der Waals surface area contributed by atoms with Gasteiger partial charge in [0.1, 0.15) is 0 Å². The molecule has 0 saturated carbocycles. The van der Waals surface area contributed by atoms with Crippen molar-refractivity contribution in [1.29, 1.82) is 0 Å². The monoisotopic (exact) mass is 735 g/mol. The number of hydrogen-bond donors (Lipinski definition) is 0. The Morgan fingerprint density at radius 1 is 0.193 bits per heavy atom. The molecule has 0 aromatic heterocycles. The van der Waals surface area contributed by atoms with Gasteiger partial charge in [-0.15, -0.1) is 0 Å². The molecule has 0 N–H and O–H groups in total. The Morgan fingerprint density at radius 3 is 0.702 bits per heavy atom. The maximum absolute atomic E-state index is 8.24. The molecule has 0 aliphatic carbocycles. The van der Waals surface area contributed by atoms with Crippen molar-refractivity contribution >= 4 is 51.2 Å². The SMILES string of the molecule is [3H]c1ccc(N(c2ccc(-c3ccc(N(c4ccccc4)c4ccc(-c5ccc(N(c6ccccc6)c6ccccc6)cc5)cc4)cc3)cc2)c2cccc([3H])c2)cc1. The first-order chi connectivity index (χ1) is 29.1. The molecule has 0 unspecified atom stereocenters. The molecular weight excluding hydrogens is 691 g/mol. The molecule has 9 aromatic rings. The quantitative estimate of drug-likeness (QED) is 0.131. The molecule has 0 heterocycles. The average Bonchev–Trinajstić information content (AvgIpc) is 3.30. The minimum Gasteiger partial charge on any atom is -0.311 e. The fourth-order valence-corrected chi connectivity index (χ4v) is 7.33. The summed E-state index contributed by atoms with van der Waals surface area (Å²) in [5.74, 6) is 0. The minimum atomic E-state index is 0.446. The van der Waals surface area contributed by atoms with Gasteiger partial charge in [0, 0.05) is 51.2 Å². The van der Waals surface area contributed by atoms with E-state index in [1.165, 1.54) is 0 Å². The van der Waals surface area contributed by atoms with E-state index >= 15 is 0 Å².